The third-order valence-corrected chi connectivity index (χ3v) is 2.71. The SMILES string of the molecule is COc1cc(F)c(C(C)(N)CCCO)cc1F. The molecule has 0 aliphatic rings. The number of nitrogens with two attached hydrogens (primary N) is 1. The maximum absolute atomic E-state index is 13.8. The molecule has 0 aromatic heterocycles. The van der Waals surface area contributed by atoms with Crippen molar-refractivity contribution in [3.8, 4) is 5.75 Å². The van der Waals surface area contributed by atoms with E-state index in [0.29, 0.717) is 12.8 Å². The van der Waals surface area contributed by atoms with Gasteiger partial charge in [-0.15, -0.1) is 0 Å². The second-order valence-corrected chi connectivity index (χ2v) is 4.21. The summed E-state index contributed by atoms with van der Waals surface area (Å²) in [4.78, 5) is 0. The Kier molecular flexibility index (Phi) is 4.42. The second-order valence-electron chi connectivity index (χ2n) is 4.21. The van der Waals surface area contributed by atoms with Gasteiger partial charge in [-0.25, -0.2) is 8.78 Å². The van der Waals surface area contributed by atoms with Crippen molar-refractivity contribution in [2.75, 3.05) is 13.7 Å². The highest BCUT2D eigenvalue weighted by atomic mass is 19.1. The minimum Gasteiger partial charge on any atom is -0.494 e. The Morgan fingerprint density at radius 3 is 2.53 bits per heavy atom. The first kappa shape index (κ1) is 13.9. The van der Waals surface area contributed by atoms with Crippen molar-refractivity contribution in [2.24, 2.45) is 5.73 Å². The maximum Gasteiger partial charge on any atom is 0.165 e. The van der Waals surface area contributed by atoms with E-state index < -0.39 is 17.2 Å². The van der Waals surface area contributed by atoms with Crippen LogP contribution in [0.5, 0.6) is 5.75 Å². The Bertz CT molecular complexity index is 394. The molecule has 1 atom stereocenters. The molecule has 3 N–H and O–H groups in total. The molecule has 0 bridgehead atoms. The van der Waals surface area contributed by atoms with Crippen LogP contribution in [0.2, 0.25) is 0 Å². The first-order chi connectivity index (χ1) is 7.92. The summed E-state index contributed by atoms with van der Waals surface area (Å²) in [5, 5.41) is 8.74. The predicted molar refractivity (Wildman–Crippen MR) is 60.8 cm³/mol. The Morgan fingerprint density at radius 2 is 2.00 bits per heavy atom. The van der Waals surface area contributed by atoms with Crippen LogP contribution in [0, 0.1) is 11.6 Å². The van der Waals surface area contributed by atoms with Gasteiger partial charge in [0.2, 0.25) is 0 Å². The molecule has 1 aromatic rings. The van der Waals surface area contributed by atoms with Crippen molar-refractivity contribution in [1.82, 2.24) is 0 Å². The van der Waals surface area contributed by atoms with E-state index in [2.05, 4.69) is 4.74 Å². The van der Waals surface area contributed by atoms with Gasteiger partial charge in [-0.05, 0) is 25.8 Å². The molecule has 1 aromatic carbocycles. The molecule has 0 aliphatic heterocycles. The van der Waals surface area contributed by atoms with Gasteiger partial charge in [0.15, 0.2) is 11.6 Å². The quantitative estimate of drug-likeness (QED) is 0.833. The number of hydrogen-bond donors (Lipinski definition) is 2. The molecule has 0 saturated carbocycles. The van der Waals surface area contributed by atoms with Crippen LogP contribution in [0.4, 0.5) is 8.78 Å². The van der Waals surface area contributed by atoms with Gasteiger partial charge >= 0.3 is 0 Å². The summed E-state index contributed by atoms with van der Waals surface area (Å²) in [7, 11) is 1.27. The van der Waals surface area contributed by atoms with Crippen molar-refractivity contribution >= 4 is 0 Å². The van der Waals surface area contributed by atoms with Crippen LogP contribution in [0.1, 0.15) is 25.3 Å². The van der Waals surface area contributed by atoms with Crippen LogP contribution in [0.3, 0.4) is 0 Å². The molecule has 3 nitrogen and oxygen atoms in total. The highest BCUT2D eigenvalue weighted by molar-refractivity contribution is 5.34. The minimum absolute atomic E-state index is 0.0347. The van der Waals surface area contributed by atoms with E-state index in [0.717, 1.165) is 12.1 Å². The van der Waals surface area contributed by atoms with Gasteiger partial charge in [-0.2, -0.15) is 0 Å². The van der Waals surface area contributed by atoms with E-state index in [-0.39, 0.29) is 17.9 Å². The van der Waals surface area contributed by atoms with Gasteiger partial charge in [0.25, 0.3) is 0 Å². The summed E-state index contributed by atoms with van der Waals surface area (Å²) in [6.07, 6.45) is 0.798. The Labute approximate surface area is 99.2 Å². The topological polar surface area (TPSA) is 55.5 Å². The van der Waals surface area contributed by atoms with Gasteiger partial charge in [0, 0.05) is 23.8 Å². The highest BCUT2D eigenvalue weighted by Gasteiger charge is 2.26. The molecule has 5 heteroatoms. The van der Waals surface area contributed by atoms with Crippen molar-refractivity contribution < 1.29 is 18.6 Å². The molecular formula is C12H17F2NO2. The van der Waals surface area contributed by atoms with Crippen molar-refractivity contribution in [3.05, 3.63) is 29.3 Å². The zero-order valence-corrected chi connectivity index (χ0v) is 9.96. The number of hydrogen-bond acceptors (Lipinski definition) is 3. The summed E-state index contributed by atoms with van der Waals surface area (Å²) in [5.41, 5.74) is 5.00. The first-order valence-corrected chi connectivity index (χ1v) is 5.35. The number of methoxy groups -OCH3 is 1. The molecule has 1 rings (SSSR count). The number of ether oxygens (including phenoxy) is 1. The predicted octanol–water partition coefficient (Wildman–Crippen LogP) is 1.92. The Hall–Kier alpha value is -1.20. The van der Waals surface area contributed by atoms with Gasteiger partial charge in [0.1, 0.15) is 5.82 Å². The van der Waals surface area contributed by atoms with Crippen LogP contribution in [0.15, 0.2) is 12.1 Å². The third-order valence-electron chi connectivity index (χ3n) is 2.71. The smallest absolute Gasteiger partial charge is 0.165 e. The van der Waals surface area contributed by atoms with Crippen molar-refractivity contribution in [2.45, 2.75) is 25.3 Å². The molecule has 1 unspecified atom stereocenters. The number of benzene rings is 1. The zero-order valence-electron chi connectivity index (χ0n) is 9.96. The molecule has 0 fully saturated rings. The lowest BCUT2D eigenvalue weighted by atomic mass is 9.88. The summed E-state index contributed by atoms with van der Waals surface area (Å²) < 4.78 is 31.9. The molecule has 0 radical (unpaired) electrons. The fraction of sp³-hybridized carbons (Fsp3) is 0.500. The maximum atomic E-state index is 13.8. The molecule has 17 heavy (non-hydrogen) atoms. The minimum atomic E-state index is -1.01. The highest BCUT2D eigenvalue weighted by Crippen LogP contribution is 2.30. The Balaban J connectivity index is 3.09. The zero-order chi connectivity index (χ0) is 13.1. The molecular weight excluding hydrogens is 228 g/mol. The third kappa shape index (κ3) is 3.14. The molecule has 0 spiro atoms. The van der Waals surface area contributed by atoms with E-state index in [9.17, 15) is 8.78 Å². The van der Waals surface area contributed by atoms with Crippen LogP contribution >= 0.6 is 0 Å². The molecule has 0 aliphatic carbocycles. The summed E-state index contributed by atoms with van der Waals surface area (Å²) in [5.74, 6) is -1.40. The fourth-order valence-corrected chi connectivity index (χ4v) is 1.70. The van der Waals surface area contributed by atoms with E-state index in [1.807, 2.05) is 0 Å². The lowest BCUT2D eigenvalue weighted by Crippen LogP contribution is -2.34. The monoisotopic (exact) mass is 245 g/mol. The van der Waals surface area contributed by atoms with Crippen LogP contribution in [-0.4, -0.2) is 18.8 Å². The van der Waals surface area contributed by atoms with Crippen LogP contribution in [-0.2, 0) is 5.54 Å². The lowest BCUT2D eigenvalue weighted by molar-refractivity contribution is 0.263. The Morgan fingerprint density at radius 1 is 1.35 bits per heavy atom. The average Bonchev–Trinajstić information content (AvgIpc) is 2.28. The lowest BCUT2D eigenvalue weighted by Gasteiger charge is -2.25. The normalized spacial score (nSPS) is 14.5. The summed E-state index contributed by atoms with van der Waals surface area (Å²) in [6.45, 7) is 1.57. The van der Waals surface area contributed by atoms with E-state index in [4.69, 9.17) is 10.8 Å². The summed E-state index contributed by atoms with van der Waals surface area (Å²) in [6, 6.07) is 2.03. The number of aliphatic hydroxyl groups is 1. The fourth-order valence-electron chi connectivity index (χ4n) is 1.70. The molecule has 0 saturated heterocycles. The largest absolute Gasteiger partial charge is 0.494 e. The second kappa shape index (κ2) is 5.42. The standard InChI is InChI=1S/C12H17F2NO2/c1-12(15,4-3-5-16)8-6-10(14)11(17-2)7-9(8)13/h6-7,16H,3-5,15H2,1-2H3. The van der Waals surface area contributed by atoms with E-state index in [1.165, 1.54) is 7.11 Å². The van der Waals surface area contributed by atoms with Gasteiger partial charge in [-0.3, -0.25) is 0 Å². The van der Waals surface area contributed by atoms with Crippen molar-refractivity contribution in [3.63, 3.8) is 0 Å². The number of aliphatic hydroxyl groups excluding tert-OH is 1. The average molecular weight is 245 g/mol. The summed E-state index contributed by atoms with van der Waals surface area (Å²) >= 11 is 0. The van der Waals surface area contributed by atoms with Gasteiger partial charge in [0.05, 0.1) is 7.11 Å². The van der Waals surface area contributed by atoms with Gasteiger partial charge < -0.3 is 15.6 Å². The molecule has 0 heterocycles. The number of halogens is 2. The van der Waals surface area contributed by atoms with E-state index in [1.54, 1.807) is 6.92 Å². The van der Waals surface area contributed by atoms with Crippen molar-refractivity contribution in [1.29, 1.82) is 0 Å². The first-order valence-electron chi connectivity index (χ1n) is 5.35. The molecule has 0 amide bonds. The van der Waals surface area contributed by atoms with Crippen LogP contribution in [0.25, 0.3) is 0 Å². The van der Waals surface area contributed by atoms with E-state index >= 15 is 0 Å². The number of rotatable bonds is 5. The van der Waals surface area contributed by atoms with Gasteiger partial charge in [-0.1, -0.05) is 0 Å². The van der Waals surface area contributed by atoms with Crippen LogP contribution < -0.4 is 10.5 Å². The molecule has 96 valence electrons.